The second-order valence-corrected chi connectivity index (χ2v) is 9.15. The van der Waals surface area contributed by atoms with E-state index in [1.165, 1.54) is 15.0 Å². The van der Waals surface area contributed by atoms with Crippen molar-refractivity contribution in [1.82, 2.24) is 14.1 Å². The molecule has 1 aliphatic carbocycles. The van der Waals surface area contributed by atoms with Crippen molar-refractivity contribution in [1.29, 1.82) is 0 Å². The normalized spacial score (nSPS) is 16.5. The van der Waals surface area contributed by atoms with Gasteiger partial charge in [0.1, 0.15) is 4.83 Å². The van der Waals surface area contributed by atoms with Gasteiger partial charge in [0.25, 0.3) is 5.56 Å². The zero-order valence-electron chi connectivity index (χ0n) is 17.0. The summed E-state index contributed by atoms with van der Waals surface area (Å²) in [5, 5.41) is 0.735. The molecule has 1 atom stereocenters. The Morgan fingerprint density at radius 2 is 2.14 bits per heavy atom. The van der Waals surface area contributed by atoms with Crippen molar-refractivity contribution in [3.8, 4) is 0 Å². The van der Waals surface area contributed by atoms with Crippen LogP contribution in [0.25, 0.3) is 10.2 Å². The fourth-order valence-electron chi connectivity index (χ4n) is 4.37. The number of carbonyl (C=O) groups excluding carboxylic acids is 1. The summed E-state index contributed by atoms with van der Waals surface area (Å²) in [4.78, 5) is 32.7. The lowest BCUT2D eigenvalue weighted by molar-refractivity contribution is 0.0970. The highest BCUT2D eigenvalue weighted by Gasteiger charge is 2.24. The van der Waals surface area contributed by atoms with Crippen LogP contribution in [-0.2, 0) is 25.9 Å². The fraction of sp³-hybridized carbons (Fsp3) is 0.500. The van der Waals surface area contributed by atoms with Crippen LogP contribution in [0.5, 0.6) is 0 Å². The van der Waals surface area contributed by atoms with Gasteiger partial charge in [-0.3, -0.25) is 14.2 Å². The number of rotatable bonds is 5. The predicted octanol–water partition coefficient (Wildman–Crippen LogP) is 4.29. The van der Waals surface area contributed by atoms with Crippen LogP contribution in [0.2, 0.25) is 0 Å². The molecule has 0 aromatic carbocycles. The number of hydrogen-bond acceptors (Lipinski definition) is 4. The Hall–Kier alpha value is -2.21. The minimum Gasteiger partial charge on any atom is -0.348 e. The van der Waals surface area contributed by atoms with E-state index in [0.29, 0.717) is 11.5 Å². The molecule has 148 valence electrons. The number of Topliss-reactive ketones (excluding diaryl/α,β-unsaturated/α-hetero) is 1. The van der Waals surface area contributed by atoms with E-state index < -0.39 is 0 Å². The van der Waals surface area contributed by atoms with E-state index in [1.807, 2.05) is 19.9 Å². The summed E-state index contributed by atoms with van der Waals surface area (Å²) in [6.45, 7) is 9.33. The SMILES string of the molecule is CCCn1c(C)cc(C(=O)Cn2cnc3sc4c(c3c2=O)CC[C@@H](C)C4)c1C. The maximum atomic E-state index is 13.1. The summed E-state index contributed by atoms with van der Waals surface area (Å²) < 4.78 is 3.66. The highest BCUT2D eigenvalue weighted by Crippen LogP contribution is 2.35. The van der Waals surface area contributed by atoms with E-state index in [0.717, 1.165) is 53.8 Å². The molecule has 0 spiro atoms. The van der Waals surface area contributed by atoms with Gasteiger partial charge in [-0.05, 0) is 57.1 Å². The quantitative estimate of drug-likeness (QED) is 0.603. The predicted molar refractivity (Wildman–Crippen MR) is 114 cm³/mol. The van der Waals surface area contributed by atoms with E-state index in [9.17, 15) is 9.59 Å². The molecule has 3 aromatic heterocycles. The standard InChI is InChI=1S/C22H27N3O2S/c1-5-8-25-14(3)10-17(15(25)4)18(26)11-24-12-23-21-20(22(24)27)16-7-6-13(2)9-19(16)28-21/h10,12-13H,5-9,11H2,1-4H3/t13-/m1/s1. The minimum absolute atomic E-state index is 0.0311. The fourth-order valence-corrected chi connectivity index (χ4v) is 5.71. The van der Waals surface area contributed by atoms with Gasteiger partial charge >= 0.3 is 0 Å². The number of aryl methyl sites for hydroxylation is 2. The highest BCUT2D eigenvalue weighted by molar-refractivity contribution is 7.18. The number of carbonyl (C=O) groups is 1. The van der Waals surface area contributed by atoms with Crippen molar-refractivity contribution < 1.29 is 4.79 Å². The molecule has 0 saturated heterocycles. The lowest BCUT2D eigenvalue weighted by Crippen LogP contribution is -2.25. The molecule has 3 heterocycles. The van der Waals surface area contributed by atoms with E-state index >= 15 is 0 Å². The second kappa shape index (κ2) is 7.32. The largest absolute Gasteiger partial charge is 0.348 e. The lowest BCUT2D eigenvalue weighted by Gasteiger charge is -2.17. The number of ketones is 1. The third kappa shape index (κ3) is 3.13. The molecule has 0 fully saturated rings. The Balaban J connectivity index is 1.69. The van der Waals surface area contributed by atoms with Gasteiger partial charge in [-0.15, -0.1) is 11.3 Å². The molecule has 5 nitrogen and oxygen atoms in total. The Kier molecular flexibility index (Phi) is 5.00. The second-order valence-electron chi connectivity index (χ2n) is 8.07. The van der Waals surface area contributed by atoms with Gasteiger partial charge in [0, 0.05) is 28.4 Å². The van der Waals surface area contributed by atoms with Crippen molar-refractivity contribution in [2.75, 3.05) is 0 Å². The molecule has 0 aliphatic heterocycles. The topological polar surface area (TPSA) is 56.9 Å². The molecule has 0 unspecified atom stereocenters. The van der Waals surface area contributed by atoms with Crippen molar-refractivity contribution in [3.05, 3.63) is 50.1 Å². The zero-order chi connectivity index (χ0) is 20.0. The Bertz CT molecular complexity index is 1120. The summed E-state index contributed by atoms with van der Waals surface area (Å²) in [6.07, 6.45) is 5.63. The van der Waals surface area contributed by atoms with E-state index in [4.69, 9.17) is 0 Å². The average molecular weight is 398 g/mol. The van der Waals surface area contributed by atoms with Gasteiger partial charge in [-0.1, -0.05) is 13.8 Å². The maximum Gasteiger partial charge on any atom is 0.262 e. The van der Waals surface area contributed by atoms with Crippen molar-refractivity contribution in [2.24, 2.45) is 5.92 Å². The third-order valence-electron chi connectivity index (χ3n) is 5.92. The van der Waals surface area contributed by atoms with Gasteiger partial charge in [0.15, 0.2) is 5.78 Å². The molecule has 4 rings (SSSR count). The molecule has 28 heavy (non-hydrogen) atoms. The number of thiophene rings is 1. The van der Waals surface area contributed by atoms with Gasteiger partial charge in [0.05, 0.1) is 18.3 Å². The van der Waals surface area contributed by atoms with Crippen LogP contribution in [-0.4, -0.2) is 19.9 Å². The first-order valence-corrected chi connectivity index (χ1v) is 10.9. The van der Waals surface area contributed by atoms with Crippen molar-refractivity contribution in [3.63, 3.8) is 0 Å². The Morgan fingerprint density at radius 1 is 1.36 bits per heavy atom. The maximum absolute atomic E-state index is 13.1. The molecular weight excluding hydrogens is 370 g/mol. The summed E-state index contributed by atoms with van der Waals surface area (Å²) >= 11 is 1.64. The summed E-state index contributed by atoms with van der Waals surface area (Å²) in [6, 6.07) is 1.94. The molecular formula is C22H27N3O2S. The summed E-state index contributed by atoms with van der Waals surface area (Å²) in [5.41, 5.74) is 3.86. The lowest BCUT2D eigenvalue weighted by atomic mass is 9.89. The zero-order valence-corrected chi connectivity index (χ0v) is 17.9. The number of aromatic nitrogens is 3. The van der Waals surface area contributed by atoms with E-state index in [-0.39, 0.29) is 17.9 Å². The molecule has 0 bridgehead atoms. The molecule has 1 aliphatic rings. The minimum atomic E-state index is -0.0761. The molecule has 0 radical (unpaired) electrons. The van der Waals surface area contributed by atoms with Crippen LogP contribution >= 0.6 is 11.3 Å². The molecule has 3 aromatic rings. The molecule has 0 N–H and O–H groups in total. The van der Waals surface area contributed by atoms with Gasteiger partial charge in [-0.2, -0.15) is 0 Å². The third-order valence-corrected chi connectivity index (χ3v) is 7.08. The summed E-state index contributed by atoms with van der Waals surface area (Å²) in [5.74, 6) is 0.624. The number of fused-ring (bicyclic) bond motifs is 3. The first kappa shape index (κ1) is 19.1. The summed E-state index contributed by atoms with van der Waals surface area (Å²) in [7, 11) is 0. The Morgan fingerprint density at radius 3 is 2.89 bits per heavy atom. The highest BCUT2D eigenvalue weighted by atomic mass is 32.1. The van der Waals surface area contributed by atoms with Crippen LogP contribution in [0.1, 0.15) is 58.9 Å². The average Bonchev–Trinajstić information content (AvgIpc) is 3.16. The van der Waals surface area contributed by atoms with E-state index in [1.54, 1.807) is 17.7 Å². The number of nitrogens with zero attached hydrogens (tertiary/aromatic N) is 3. The van der Waals surface area contributed by atoms with Gasteiger partial charge in [-0.25, -0.2) is 4.98 Å². The number of hydrogen-bond donors (Lipinski definition) is 0. The van der Waals surface area contributed by atoms with Crippen LogP contribution in [0.15, 0.2) is 17.2 Å². The van der Waals surface area contributed by atoms with Crippen LogP contribution in [0, 0.1) is 19.8 Å². The van der Waals surface area contributed by atoms with Crippen LogP contribution < -0.4 is 5.56 Å². The monoisotopic (exact) mass is 397 g/mol. The van der Waals surface area contributed by atoms with Crippen molar-refractivity contribution >= 4 is 27.3 Å². The smallest absolute Gasteiger partial charge is 0.262 e. The van der Waals surface area contributed by atoms with Crippen LogP contribution in [0.4, 0.5) is 0 Å². The molecule has 0 saturated carbocycles. The Labute approximate surface area is 169 Å². The molecule has 0 amide bonds. The van der Waals surface area contributed by atoms with Crippen molar-refractivity contribution in [2.45, 2.75) is 66.5 Å². The van der Waals surface area contributed by atoms with Crippen LogP contribution in [0.3, 0.4) is 0 Å². The first-order chi connectivity index (χ1) is 13.4. The van der Waals surface area contributed by atoms with Gasteiger partial charge in [0.2, 0.25) is 0 Å². The van der Waals surface area contributed by atoms with Gasteiger partial charge < -0.3 is 4.57 Å². The first-order valence-electron chi connectivity index (χ1n) is 10.1. The molecule has 6 heteroatoms. The van der Waals surface area contributed by atoms with E-state index in [2.05, 4.69) is 23.4 Å².